The Morgan fingerprint density at radius 2 is 2.14 bits per heavy atom. The van der Waals surface area contributed by atoms with E-state index < -0.39 is 11.9 Å². The summed E-state index contributed by atoms with van der Waals surface area (Å²) in [5, 5.41) is 2.61. The van der Waals surface area contributed by atoms with E-state index >= 15 is 0 Å². The van der Waals surface area contributed by atoms with Gasteiger partial charge in [-0.05, 0) is 31.0 Å². The van der Waals surface area contributed by atoms with Gasteiger partial charge in [0.25, 0.3) is 11.8 Å². The van der Waals surface area contributed by atoms with Crippen LogP contribution in [0.2, 0.25) is 5.02 Å². The molecule has 1 aromatic carbocycles. The van der Waals surface area contributed by atoms with Crippen molar-refractivity contribution in [1.82, 2.24) is 10.2 Å². The topological polar surface area (TPSA) is 58.6 Å². The Kier molecular flexibility index (Phi) is 5.37. The normalized spacial score (nSPS) is 20.7. The third-order valence-electron chi connectivity index (χ3n) is 3.50. The first-order chi connectivity index (χ1) is 10.4. The van der Waals surface area contributed by atoms with Gasteiger partial charge in [-0.3, -0.25) is 9.59 Å². The van der Waals surface area contributed by atoms with Crippen molar-refractivity contribution in [2.75, 3.05) is 20.6 Å². The van der Waals surface area contributed by atoms with Crippen LogP contribution < -0.4 is 5.32 Å². The first-order valence-corrected chi connectivity index (χ1v) is 7.36. The predicted octanol–water partition coefficient (Wildman–Crippen LogP) is 1.84. The molecule has 0 saturated carbocycles. The van der Waals surface area contributed by atoms with Gasteiger partial charge in [-0.15, -0.1) is 0 Å². The molecule has 7 heteroatoms. The van der Waals surface area contributed by atoms with Gasteiger partial charge in [-0.2, -0.15) is 0 Å². The molecule has 1 fully saturated rings. The molecule has 0 aliphatic carbocycles. The van der Waals surface area contributed by atoms with Crippen LogP contribution in [0, 0.1) is 5.82 Å². The third kappa shape index (κ3) is 3.96. The summed E-state index contributed by atoms with van der Waals surface area (Å²) >= 11 is 5.65. The van der Waals surface area contributed by atoms with Crippen molar-refractivity contribution in [1.29, 1.82) is 0 Å². The molecule has 120 valence electrons. The highest BCUT2D eigenvalue weighted by Crippen LogP contribution is 2.21. The highest BCUT2D eigenvalue weighted by molar-refractivity contribution is 6.31. The Balaban J connectivity index is 1.85. The maximum absolute atomic E-state index is 13.1. The van der Waals surface area contributed by atoms with Crippen LogP contribution in [0.3, 0.4) is 0 Å². The van der Waals surface area contributed by atoms with E-state index in [0.29, 0.717) is 19.4 Å². The SMILES string of the molecule is CN(C)C(=O)C1CCC(CNC(=O)c2ccc(F)c(Cl)c2)O1. The molecule has 2 unspecified atom stereocenters. The van der Waals surface area contributed by atoms with E-state index in [-0.39, 0.29) is 28.5 Å². The summed E-state index contributed by atoms with van der Waals surface area (Å²) in [6.07, 6.45) is 0.695. The number of nitrogens with zero attached hydrogens (tertiary/aromatic N) is 1. The van der Waals surface area contributed by atoms with Gasteiger partial charge in [0.1, 0.15) is 11.9 Å². The Labute approximate surface area is 133 Å². The predicted molar refractivity (Wildman–Crippen MR) is 80.3 cm³/mol. The molecule has 1 N–H and O–H groups in total. The van der Waals surface area contributed by atoms with Crippen molar-refractivity contribution in [2.24, 2.45) is 0 Å². The molecular weight excluding hydrogens is 311 g/mol. The maximum Gasteiger partial charge on any atom is 0.251 e. The van der Waals surface area contributed by atoms with Gasteiger partial charge in [0, 0.05) is 26.2 Å². The number of benzene rings is 1. The Morgan fingerprint density at radius 1 is 1.41 bits per heavy atom. The lowest BCUT2D eigenvalue weighted by Gasteiger charge is -2.17. The molecule has 0 aromatic heterocycles. The summed E-state index contributed by atoms with van der Waals surface area (Å²) in [7, 11) is 3.36. The van der Waals surface area contributed by atoms with Crippen LogP contribution in [0.25, 0.3) is 0 Å². The molecule has 5 nitrogen and oxygen atoms in total. The average molecular weight is 329 g/mol. The summed E-state index contributed by atoms with van der Waals surface area (Å²) in [5.74, 6) is -0.991. The molecule has 1 aromatic rings. The Hall–Kier alpha value is -1.66. The summed E-state index contributed by atoms with van der Waals surface area (Å²) in [6, 6.07) is 3.79. The quantitative estimate of drug-likeness (QED) is 0.917. The zero-order valence-corrected chi connectivity index (χ0v) is 13.2. The van der Waals surface area contributed by atoms with Crippen LogP contribution in [-0.2, 0) is 9.53 Å². The van der Waals surface area contributed by atoms with Crippen LogP contribution >= 0.6 is 11.6 Å². The largest absolute Gasteiger partial charge is 0.363 e. The number of hydrogen-bond donors (Lipinski definition) is 1. The smallest absolute Gasteiger partial charge is 0.251 e. The number of likely N-dealkylation sites (N-methyl/N-ethyl adjacent to an activating group) is 1. The van der Waals surface area contributed by atoms with Crippen molar-refractivity contribution in [3.05, 3.63) is 34.6 Å². The summed E-state index contributed by atoms with van der Waals surface area (Å²) < 4.78 is 18.7. The standard InChI is InChI=1S/C15H18ClFN2O3/c1-19(2)15(21)13-6-4-10(22-13)8-18-14(20)9-3-5-12(17)11(16)7-9/h3,5,7,10,13H,4,6,8H2,1-2H3,(H,18,20). The number of hydrogen-bond acceptors (Lipinski definition) is 3. The minimum absolute atomic E-state index is 0.0702. The minimum Gasteiger partial charge on any atom is -0.363 e. The average Bonchev–Trinajstić information content (AvgIpc) is 2.95. The van der Waals surface area contributed by atoms with Gasteiger partial charge in [-0.1, -0.05) is 11.6 Å². The number of ether oxygens (including phenoxy) is 1. The zero-order chi connectivity index (χ0) is 16.3. The van der Waals surface area contributed by atoms with E-state index in [1.54, 1.807) is 14.1 Å². The van der Waals surface area contributed by atoms with Gasteiger partial charge in [-0.25, -0.2) is 4.39 Å². The van der Waals surface area contributed by atoms with Crippen molar-refractivity contribution in [3.8, 4) is 0 Å². The zero-order valence-electron chi connectivity index (χ0n) is 12.4. The second-order valence-corrected chi connectivity index (χ2v) is 5.80. The first kappa shape index (κ1) is 16.7. The molecule has 2 rings (SSSR count). The van der Waals surface area contributed by atoms with E-state index in [1.165, 1.54) is 17.0 Å². The molecule has 1 aliphatic rings. The lowest BCUT2D eigenvalue weighted by atomic mass is 10.1. The fourth-order valence-electron chi connectivity index (χ4n) is 2.27. The van der Waals surface area contributed by atoms with Crippen LogP contribution in [0.15, 0.2) is 18.2 Å². The fourth-order valence-corrected chi connectivity index (χ4v) is 2.45. The third-order valence-corrected chi connectivity index (χ3v) is 3.79. The number of rotatable bonds is 4. The van der Waals surface area contributed by atoms with Gasteiger partial charge in [0.05, 0.1) is 11.1 Å². The number of halogens is 2. The minimum atomic E-state index is -0.567. The van der Waals surface area contributed by atoms with Crippen LogP contribution in [0.4, 0.5) is 4.39 Å². The highest BCUT2D eigenvalue weighted by atomic mass is 35.5. The van der Waals surface area contributed by atoms with E-state index in [2.05, 4.69) is 5.32 Å². The van der Waals surface area contributed by atoms with Gasteiger partial charge in [0.15, 0.2) is 0 Å². The maximum atomic E-state index is 13.1. The van der Waals surface area contributed by atoms with Crippen molar-refractivity contribution >= 4 is 23.4 Å². The van der Waals surface area contributed by atoms with Crippen molar-refractivity contribution in [2.45, 2.75) is 25.0 Å². The monoisotopic (exact) mass is 328 g/mol. The van der Waals surface area contributed by atoms with Crippen LogP contribution in [0.1, 0.15) is 23.2 Å². The number of amides is 2. The van der Waals surface area contributed by atoms with Crippen LogP contribution in [0.5, 0.6) is 0 Å². The van der Waals surface area contributed by atoms with Gasteiger partial charge in [0.2, 0.25) is 0 Å². The first-order valence-electron chi connectivity index (χ1n) is 6.98. The molecule has 22 heavy (non-hydrogen) atoms. The molecule has 2 amide bonds. The second kappa shape index (κ2) is 7.07. The van der Waals surface area contributed by atoms with Gasteiger partial charge >= 0.3 is 0 Å². The molecule has 2 atom stereocenters. The van der Waals surface area contributed by atoms with Crippen molar-refractivity contribution in [3.63, 3.8) is 0 Å². The molecular formula is C15H18ClFN2O3. The summed E-state index contributed by atoms with van der Waals surface area (Å²) in [4.78, 5) is 25.2. The molecule has 1 heterocycles. The molecule has 0 bridgehead atoms. The lowest BCUT2D eigenvalue weighted by Crippen LogP contribution is -2.36. The van der Waals surface area contributed by atoms with E-state index in [9.17, 15) is 14.0 Å². The number of nitrogens with one attached hydrogen (secondary N) is 1. The van der Waals surface area contributed by atoms with E-state index in [4.69, 9.17) is 16.3 Å². The molecule has 0 radical (unpaired) electrons. The van der Waals surface area contributed by atoms with Crippen LogP contribution in [-0.4, -0.2) is 49.6 Å². The lowest BCUT2D eigenvalue weighted by molar-refractivity contribution is -0.140. The van der Waals surface area contributed by atoms with Crippen molar-refractivity contribution < 1.29 is 18.7 Å². The second-order valence-electron chi connectivity index (χ2n) is 5.40. The molecule has 1 saturated heterocycles. The number of carbonyl (C=O) groups is 2. The summed E-state index contributed by atoms with van der Waals surface area (Å²) in [5.41, 5.74) is 0.283. The Morgan fingerprint density at radius 3 is 2.77 bits per heavy atom. The Bertz CT molecular complexity index is 580. The molecule has 1 aliphatic heterocycles. The van der Waals surface area contributed by atoms with E-state index in [0.717, 1.165) is 6.07 Å². The van der Waals surface area contributed by atoms with Gasteiger partial charge < -0.3 is 15.0 Å². The molecule has 0 spiro atoms. The fraction of sp³-hybridized carbons (Fsp3) is 0.467. The van der Waals surface area contributed by atoms with E-state index in [1.807, 2.05) is 0 Å². The number of carbonyl (C=O) groups excluding carboxylic acids is 2. The highest BCUT2D eigenvalue weighted by Gasteiger charge is 2.31. The summed E-state index contributed by atoms with van der Waals surface area (Å²) in [6.45, 7) is 0.297.